The number of H-pyrrole nitrogens is 1. The second-order valence-electron chi connectivity index (χ2n) is 8.21. The quantitative estimate of drug-likeness (QED) is 0.694. The molecule has 0 bridgehead atoms. The highest BCUT2D eigenvalue weighted by molar-refractivity contribution is 5.91. The molecule has 29 heavy (non-hydrogen) atoms. The van der Waals surface area contributed by atoms with E-state index in [4.69, 9.17) is 4.42 Å². The van der Waals surface area contributed by atoms with Crippen LogP contribution >= 0.6 is 0 Å². The summed E-state index contributed by atoms with van der Waals surface area (Å²) in [4.78, 5) is 24.7. The minimum absolute atomic E-state index is 0.0288. The van der Waals surface area contributed by atoms with Gasteiger partial charge in [0.1, 0.15) is 0 Å². The average Bonchev–Trinajstić information content (AvgIpc) is 3.34. The first-order valence-corrected chi connectivity index (χ1v) is 10.2. The van der Waals surface area contributed by atoms with Gasteiger partial charge in [-0.25, -0.2) is 4.98 Å². The molecule has 7 nitrogen and oxygen atoms in total. The number of carbonyl (C=O) groups is 1. The number of carbonyl (C=O) groups excluding carboxylic acids is 1. The number of aromatic nitrogens is 2. The van der Waals surface area contributed by atoms with Crippen LogP contribution in [0.3, 0.4) is 0 Å². The molecule has 1 amide bonds. The van der Waals surface area contributed by atoms with Crippen LogP contribution in [0.25, 0.3) is 10.9 Å². The number of piperazine rings is 1. The maximum atomic E-state index is 12.6. The minimum atomic E-state index is -0.230. The summed E-state index contributed by atoms with van der Waals surface area (Å²) >= 11 is 0. The van der Waals surface area contributed by atoms with Crippen molar-refractivity contribution in [1.29, 1.82) is 0 Å². The Morgan fingerprint density at radius 2 is 2.03 bits per heavy atom. The van der Waals surface area contributed by atoms with E-state index in [2.05, 4.69) is 58.1 Å². The predicted octanol–water partition coefficient (Wildman–Crippen LogP) is 3.05. The van der Waals surface area contributed by atoms with Crippen LogP contribution < -0.4 is 10.2 Å². The molecule has 7 heteroatoms. The first kappa shape index (κ1) is 19.5. The number of oxazole rings is 1. The van der Waals surface area contributed by atoms with Crippen LogP contribution in [0.5, 0.6) is 0 Å². The number of likely N-dealkylation sites (N-methyl/N-ethyl adjacent to an activating group) is 1. The van der Waals surface area contributed by atoms with E-state index >= 15 is 0 Å². The lowest BCUT2D eigenvalue weighted by Crippen LogP contribution is -2.55. The lowest BCUT2D eigenvalue weighted by molar-refractivity contribution is 0.0912. The predicted molar refractivity (Wildman–Crippen MR) is 114 cm³/mol. The van der Waals surface area contributed by atoms with Gasteiger partial charge in [0.05, 0.1) is 6.20 Å². The summed E-state index contributed by atoms with van der Waals surface area (Å²) in [5.74, 6) is 0.0244. The minimum Gasteiger partial charge on any atom is -0.418 e. The number of nitrogens with zero attached hydrogens (tertiary/aromatic N) is 3. The van der Waals surface area contributed by atoms with Crippen LogP contribution in [0.2, 0.25) is 0 Å². The SMILES string of the molecule is CC(Cc1c[nH]c2ccccc12)NC(=O)c1cnc(N2CC(C)N(C)[C@H](C)C2)o1. The molecule has 2 N–H and O–H groups in total. The van der Waals surface area contributed by atoms with Crippen LogP contribution in [0.15, 0.2) is 41.1 Å². The van der Waals surface area contributed by atoms with Crippen molar-refractivity contribution in [3.63, 3.8) is 0 Å². The Morgan fingerprint density at radius 3 is 2.79 bits per heavy atom. The average molecular weight is 396 g/mol. The van der Waals surface area contributed by atoms with Gasteiger partial charge in [0.15, 0.2) is 0 Å². The van der Waals surface area contributed by atoms with Gasteiger partial charge in [-0.2, -0.15) is 0 Å². The Hall–Kier alpha value is -2.80. The Balaban J connectivity index is 1.39. The maximum absolute atomic E-state index is 12.6. The van der Waals surface area contributed by atoms with Gasteiger partial charge < -0.3 is 19.6 Å². The highest BCUT2D eigenvalue weighted by atomic mass is 16.4. The molecule has 1 aromatic carbocycles. The van der Waals surface area contributed by atoms with Gasteiger partial charge in [0.25, 0.3) is 11.9 Å². The van der Waals surface area contributed by atoms with Gasteiger partial charge in [0.2, 0.25) is 5.76 Å². The largest absolute Gasteiger partial charge is 0.418 e. The molecule has 3 atom stereocenters. The zero-order chi connectivity index (χ0) is 20.5. The highest BCUT2D eigenvalue weighted by Gasteiger charge is 2.29. The molecule has 0 aliphatic carbocycles. The number of amides is 1. The van der Waals surface area contributed by atoms with Crippen LogP contribution in [0.4, 0.5) is 6.01 Å². The second-order valence-corrected chi connectivity index (χ2v) is 8.21. The van der Waals surface area contributed by atoms with E-state index in [0.29, 0.717) is 18.1 Å². The Bertz CT molecular complexity index is 982. The first-order chi connectivity index (χ1) is 13.9. The summed E-state index contributed by atoms with van der Waals surface area (Å²) in [7, 11) is 2.14. The van der Waals surface area contributed by atoms with Crippen molar-refractivity contribution in [3.05, 3.63) is 48.0 Å². The van der Waals surface area contributed by atoms with Crippen LogP contribution in [0.1, 0.15) is 36.9 Å². The van der Waals surface area contributed by atoms with Gasteiger partial charge in [-0.1, -0.05) is 18.2 Å². The Labute approximate surface area is 171 Å². The number of rotatable bonds is 5. The number of aromatic amines is 1. The maximum Gasteiger partial charge on any atom is 0.298 e. The molecule has 1 aliphatic rings. The second kappa shape index (κ2) is 7.91. The van der Waals surface area contributed by atoms with Crippen molar-refractivity contribution in [2.75, 3.05) is 25.0 Å². The molecule has 154 valence electrons. The van der Waals surface area contributed by atoms with E-state index in [1.54, 1.807) is 0 Å². The topological polar surface area (TPSA) is 77.4 Å². The summed E-state index contributed by atoms with van der Waals surface area (Å²) in [5.41, 5.74) is 2.30. The first-order valence-electron chi connectivity index (χ1n) is 10.2. The number of benzene rings is 1. The number of anilines is 1. The van der Waals surface area contributed by atoms with Gasteiger partial charge in [-0.05, 0) is 45.9 Å². The van der Waals surface area contributed by atoms with Crippen LogP contribution in [-0.4, -0.2) is 59.0 Å². The molecule has 0 spiro atoms. The molecule has 0 radical (unpaired) electrons. The number of para-hydroxylation sites is 1. The van der Waals surface area contributed by atoms with Gasteiger partial charge in [0, 0.05) is 48.3 Å². The molecule has 3 heterocycles. The van der Waals surface area contributed by atoms with E-state index in [1.807, 2.05) is 25.3 Å². The molecule has 1 fully saturated rings. The lowest BCUT2D eigenvalue weighted by atomic mass is 10.1. The Kier molecular flexibility index (Phi) is 5.32. The van der Waals surface area contributed by atoms with Crippen molar-refractivity contribution in [2.24, 2.45) is 0 Å². The van der Waals surface area contributed by atoms with Crippen molar-refractivity contribution in [1.82, 2.24) is 20.2 Å². The fourth-order valence-electron chi connectivity index (χ4n) is 4.05. The number of nitrogens with one attached hydrogen (secondary N) is 2. The molecule has 2 aromatic heterocycles. The molecular formula is C22H29N5O2. The van der Waals surface area contributed by atoms with Gasteiger partial charge >= 0.3 is 0 Å². The third-order valence-electron chi connectivity index (χ3n) is 5.93. The van der Waals surface area contributed by atoms with Gasteiger partial charge in [-0.15, -0.1) is 0 Å². The van der Waals surface area contributed by atoms with E-state index in [1.165, 1.54) is 17.1 Å². The zero-order valence-corrected chi connectivity index (χ0v) is 17.5. The van der Waals surface area contributed by atoms with E-state index in [0.717, 1.165) is 25.0 Å². The molecule has 0 saturated carbocycles. The smallest absolute Gasteiger partial charge is 0.298 e. The highest BCUT2D eigenvalue weighted by Crippen LogP contribution is 2.22. The molecule has 1 aliphatic heterocycles. The van der Waals surface area contributed by atoms with Crippen LogP contribution in [0, 0.1) is 0 Å². The summed E-state index contributed by atoms with van der Waals surface area (Å²) in [6.07, 6.45) is 4.27. The lowest BCUT2D eigenvalue weighted by Gasteiger charge is -2.41. The molecule has 2 unspecified atom stereocenters. The van der Waals surface area contributed by atoms with E-state index < -0.39 is 0 Å². The number of hydrogen-bond donors (Lipinski definition) is 2. The van der Waals surface area contributed by atoms with Crippen molar-refractivity contribution in [2.45, 2.75) is 45.3 Å². The van der Waals surface area contributed by atoms with E-state index in [9.17, 15) is 4.79 Å². The zero-order valence-electron chi connectivity index (χ0n) is 17.5. The molecule has 4 rings (SSSR count). The number of hydrogen-bond acceptors (Lipinski definition) is 5. The molecule has 3 aromatic rings. The fraction of sp³-hybridized carbons (Fsp3) is 0.455. The summed E-state index contributed by atoms with van der Waals surface area (Å²) < 4.78 is 5.80. The molecule has 1 saturated heterocycles. The monoisotopic (exact) mass is 395 g/mol. The van der Waals surface area contributed by atoms with Gasteiger partial charge in [-0.3, -0.25) is 9.69 Å². The molecular weight excluding hydrogens is 366 g/mol. The third-order valence-corrected chi connectivity index (χ3v) is 5.93. The van der Waals surface area contributed by atoms with Crippen molar-refractivity contribution < 1.29 is 9.21 Å². The normalized spacial score (nSPS) is 21.4. The third kappa shape index (κ3) is 4.00. The fourth-order valence-corrected chi connectivity index (χ4v) is 4.05. The number of fused-ring (bicyclic) bond motifs is 1. The summed E-state index contributed by atoms with van der Waals surface area (Å²) in [5, 5.41) is 4.22. The van der Waals surface area contributed by atoms with E-state index in [-0.39, 0.29) is 17.7 Å². The van der Waals surface area contributed by atoms with Crippen molar-refractivity contribution in [3.8, 4) is 0 Å². The standard InChI is InChI=1S/C22H29N5O2/c1-14(9-17-10-23-19-8-6-5-7-18(17)19)25-21(28)20-11-24-22(29-20)27-12-15(2)26(4)16(3)13-27/h5-8,10-11,14-16,23H,9,12-13H2,1-4H3,(H,25,28)/t14?,15-,16?/m1/s1. The summed E-state index contributed by atoms with van der Waals surface area (Å²) in [6.45, 7) is 8.04. The summed E-state index contributed by atoms with van der Waals surface area (Å²) in [6, 6.07) is 9.48. The Morgan fingerprint density at radius 1 is 1.31 bits per heavy atom. The van der Waals surface area contributed by atoms with Crippen LogP contribution in [-0.2, 0) is 6.42 Å². The van der Waals surface area contributed by atoms with Crippen molar-refractivity contribution >= 4 is 22.8 Å².